The second-order valence-electron chi connectivity index (χ2n) is 5.78. The largest absolute Gasteiger partial charge is 0.508 e. The second kappa shape index (κ2) is 9.53. The number of carbonyl (C=O) groups is 3. The molecular weight excluding hydrogens is 388 g/mol. The first-order chi connectivity index (χ1) is 13.7. The summed E-state index contributed by atoms with van der Waals surface area (Å²) in [7, 11) is 0. The average Bonchev–Trinajstić information content (AvgIpc) is 2.67. The van der Waals surface area contributed by atoms with Crippen molar-refractivity contribution < 1.29 is 49.3 Å². The molecule has 0 aliphatic carbocycles. The van der Waals surface area contributed by atoms with Crippen LogP contribution in [0.3, 0.4) is 0 Å². The second-order valence-corrected chi connectivity index (χ2v) is 5.78. The number of phenols is 2. The molecule has 0 bridgehead atoms. The number of hydrogen-bond donors (Lipinski definition) is 4. The maximum atomic E-state index is 12.3. The Morgan fingerprint density at radius 3 is 2.07 bits per heavy atom. The van der Waals surface area contributed by atoms with E-state index in [9.17, 15) is 24.6 Å². The predicted octanol–water partition coefficient (Wildman–Crippen LogP) is 2.54. The molecule has 10 heteroatoms. The topological polar surface area (TPSA) is 160 Å². The maximum Gasteiger partial charge on any atom is 0.341 e. The lowest BCUT2D eigenvalue weighted by Gasteiger charge is -2.17. The zero-order valence-corrected chi connectivity index (χ0v) is 15.2. The van der Waals surface area contributed by atoms with Crippen LogP contribution in [-0.4, -0.2) is 44.6 Å². The van der Waals surface area contributed by atoms with Gasteiger partial charge in [-0.2, -0.15) is 4.89 Å². The fourth-order valence-electron chi connectivity index (χ4n) is 2.30. The molecule has 0 aromatic heterocycles. The molecule has 0 heterocycles. The third-order valence-electron chi connectivity index (χ3n) is 3.74. The fourth-order valence-corrected chi connectivity index (χ4v) is 2.30. The number of phenolic OH excluding ortho intramolecular Hbond substituents is 2. The summed E-state index contributed by atoms with van der Waals surface area (Å²) in [6.07, 6.45) is -1.06. The van der Waals surface area contributed by atoms with Gasteiger partial charge >= 0.3 is 17.9 Å². The lowest BCUT2D eigenvalue weighted by atomic mass is 10.1. The Kier molecular flexibility index (Phi) is 7.12. The molecule has 0 radical (unpaired) electrons. The lowest BCUT2D eigenvalue weighted by Crippen LogP contribution is -2.22. The van der Waals surface area contributed by atoms with Crippen LogP contribution in [0, 0.1) is 0 Å². The van der Waals surface area contributed by atoms with Gasteiger partial charge in [-0.1, -0.05) is 13.0 Å². The molecule has 1 unspecified atom stereocenters. The molecule has 29 heavy (non-hydrogen) atoms. The van der Waals surface area contributed by atoms with Crippen LogP contribution in [0.4, 0.5) is 0 Å². The Labute approximate surface area is 164 Å². The summed E-state index contributed by atoms with van der Waals surface area (Å²) >= 11 is 0. The van der Waals surface area contributed by atoms with Crippen LogP contribution in [0.2, 0.25) is 0 Å². The van der Waals surface area contributed by atoms with E-state index in [0.29, 0.717) is 0 Å². The van der Waals surface area contributed by atoms with Crippen molar-refractivity contribution in [1.29, 1.82) is 0 Å². The van der Waals surface area contributed by atoms with Crippen LogP contribution in [0.1, 0.15) is 50.0 Å². The van der Waals surface area contributed by atoms with Crippen molar-refractivity contribution in [2.24, 2.45) is 0 Å². The Balaban J connectivity index is 2.03. The Bertz CT molecular complexity index is 921. The van der Waals surface area contributed by atoms with E-state index in [4.69, 9.17) is 24.7 Å². The van der Waals surface area contributed by atoms with Crippen molar-refractivity contribution >= 4 is 17.9 Å². The van der Waals surface area contributed by atoms with Crippen LogP contribution < -0.4 is 0 Å². The minimum absolute atomic E-state index is 0.146. The highest BCUT2D eigenvalue weighted by Gasteiger charge is 2.22. The van der Waals surface area contributed by atoms with Gasteiger partial charge in [0.1, 0.15) is 18.1 Å². The van der Waals surface area contributed by atoms with Crippen LogP contribution in [0.5, 0.6) is 11.5 Å². The van der Waals surface area contributed by atoms with Gasteiger partial charge in [0, 0.05) is 6.42 Å². The van der Waals surface area contributed by atoms with E-state index in [1.807, 2.05) is 0 Å². The number of aromatic carboxylic acids is 2. The summed E-state index contributed by atoms with van der Waals surface area (Å²) in [4.78, 5) is 44.6. The maximum absolute atomic E-state index is 12.3. The molecule has 2 rings (SSSR count). The van der Waals surface area contributed by atoms with E-state index in [1.54, 1.807) is 6.92 Å². The molecule has 0 aliphatic rings. The van der Waals surface area contributed by atoms with E-state index < -0.39 is 29.8 Å². The van der Waals surface area contributed by atoms with Crippen molar-refractivity contribution in [3.63, 3.8) is 0 Å². The molecule has 4 N–H and O–H groups in total. The van der Waals surface area contributed by atoms with Gasteiger partial charge in [-0.3, -0.25) is 0 Å². The molecule has 0 saturated heterocycles. The Hall–Kier alpha value is -3.63. The van der Waals surface area contributed by atoms with Crippen molar-refractivity contribution in [3.8, 4) is 11.5 Å². The molecule has 2 aromatic carbocycles. The molecule has 1 atom stereocenters. The predicted molar refractivity (Wildman–Crippen MR) is 95.5 cm³/mol. The molecule has 0 spiro atoms. The van der Waals surface area contributed by atoms with Gasteiger partial charge in [0.2, 0.25) is 6.29 Å². The summed E-state index contributed by atoms with van der Waals surface area (Å²) < 4.78 is 5.06. The SMILES string of the molecule is CCC(OOCc1ccc(O)cc1C(=O)O)OC(=O)c1ccc(O)cc1C(=O)O. The lowest BCUT2D eigenvalue weighted by molar-refractivity contribution is -0.374. The van der Waals surface area contributed by atoms with E-state index in [-0.39, 0.29) is 41.2 Å². The zero-order chi connectivity index (χ0) is 21.6. The quantitative estimate of drug-likeness (QED) is 0.211. The van der Waals surface area contributed by atoms with Gasteiger partial charge in [0.25, 0.3) is 0 Å². The molecule has 0 amide bonds. The summed E-state index contributed by atoms with van der Waals surface area (Å²) in [6, 6.07) is 6.82. The number of carboxylic acids is 2. The third-order valence-corrected chi connectivity index (χ3v) is 3.74. The van der Waals surface area contributed by atoms with Gasteiger partial charge in [-0.25, -0.2) is 19.3 Å². The molecule has 0 fully saturated rings. The number of rotatable bonds is 9. The molecule has 2 aromatic rings. The Morgan fingerprint density at radius 2 is 1.48 bits per heavy atom. The number of carbonyl (C=O) groups excluding carboxylic acids is 1. The summed E-state index contributed by atoms with van der Waals surface area (Å²) in [6.45, 7) is 1.30. The standard InChI is InChI=1S/C19H18O10/c1-2-16(28-19(26)13-6-5-12(21)8-15(13)18(24)25)29-27-9-10-3-4-11(20)7-14(10)17(22)23/h3-8,16,20-21H,2,9H2,1H3,(H,22,23)(H,24,25). The van der Waals surface area contributed by atoms with Gasteiger partial charge in [0.15, 0.2) is 0 Å². The van der Waals surface area contributed by atoms with Crippen molar-refractivity contribution in [2.45, 2.75) is 26.2 Å². The highest BCUT2D eigenvalue weighted by Crippen LogP contribution is 2.20. The first-order valence-electron chi connectivity index (χ1n) is 8.33. The third kappa shape index (κ3) is 5.67. The molecule has 154 valence electrons. The van der Waals surface area contributed by atoms with Crippen LogP contribution >= 0.6 is 0 Å². The number of carboxylic acid groups (broad SMARTS) is 2. The molecule has 0 saturated carbocycles. The van der Waals surface area contributed by atoms with E-state index in [1.165, 1.54) is 12.1 Å². The first kappa shape index (κ1) is 21.7. The number of hydrogen-bond acceptors (Lipinski definition) is 8. The van der Waals surface area contributed by atoms with Crippen molar-refractivity contribution in [3.05, 3.63) is 58.7 Å². The minimum Gasteiger partial charge on any atom is -0.508 e. The summed E-state index contributed by atoms with van der Waals surface area (Å²) in [5.41, 5.74) is -0.706. The molecule has 10 nitrogen and oxygen atoms in total. The van der Waals surface area contributed by atoms with Crippen LogP contribution in [0.25, 0.3) is 0 Å². The van der Waals surface area contributed by atoms with E-state index in [0.717, 1.165) is 24.3 Å². The molecular formula is C19H18O10. The van der Waals surface area contributed by atoms with Crippen molar-refractivity contribution in [2.75, 3.05) is 0 Å². The van der Waals surface area contributed by atoms with Gasteiger partial charge < -0.3 is 25.2 Å². The number of ether oxygens (including phenoxy) is 1. The van der Waals surface area contributed by atoms with Crippen LogP contribution in [-0.2, 0) is 21.1 Å². The number of esters is 1. The van der Waals surface area contributed by atoms with Gasteiger partial charge in [-0.15, -0.1) is 0 Å². The summed E-state index contributed by atoms with van der Waals surface area (Å²) in [5.74, 6) is -4.25. The highest BCUT2D eigenvalue weighted by molar-refractivity contribution is 6.02. The average molecular weight is 406 g/mol. The minimum atomic E-state index is -1.42. The molecule has 0 aliphatic heterocycles. The first-order valence-corrected chi connectivity index (χ1v) is 8.33. The van der Waals surface area contributed by atoms with Crippen LogP contribution in [0.15, 0.2) is 36.4 Å². The van der Waals surface area contributed by atoms with E-state index in [2.05, 4.69) is 0 Å². The normalized spacial score (nSPS) is 11.6. The number of benzene rings is 2. The summed E-state index contributed by atoms with van der Waals surface area (Å²) in [5, 5.41) is 37.0. The highest BCUT2D eigenvalue weighted by atomic mass is 17.2. The van der Waals surface area contributed by atoms with Crippen molar-refractivity contribution in [1.82, 2.24) is 0 Å². The zero-order valence-electron chi connectivity index (χ0n) is 15.2. The monoisotopic (exact) mass is 406 g/mol. The van der Waals surface area contributed by atoms with Gasteiger partial charge in [-0.05, 0) is 35.9 Å². The fraction of sp³-hybridized carbons (Fsp3) is 0.211. The smallest absolute Gasteiger partial charge is 0.341 e. The Morgan fingerprint density at radius 1 is 0.897 bits per heavy atom. The van der Waals surface area contributed by atoms with E-state index >= 15 is 0 Å². The van der Waals surface area contributed by atoms with Gasteiger partial charge in [0.05, 0.1) is 16.7 Å². The number of aromatic hydroxyl groups is 2.